The van der Waals surface area contributed by atoms with E-state index in [-0.39, 0.29) is 0 Å². The summed E-state index contributed by atoms with van der Waals surface area (Å²) in [5.41, 5.74) is 5.95. The van der Waals surface area contributed by atoms with E-state index in [1.165, 1.54) is 0 Å². The van der Waals surface area contributed by atoms with Gasteiger partial charge in [0.25, 0.3) is 0 Å². The summed E-state index contributed by atoms with van der Waals surface area (Å²) >= 11 is 0. The molecule has 2 aliphatic rings. The number of hydrogen-bond donors (Lipinski definition) is 1. The van der Waals surface area contributed by atoms with Crippen LogP contribution in [0.5, 0.6) is 0 Å². The fraction of sp³-hybridized carbons (Fsp3) is 0.692. The highest BCUT2D eigenvalue weighted by Crippen LogP contribution is 2.20. The summed E-state index contributed by atoms with van der Waals surface area (Å²) in [7, 11) is 2.14. The molecule has 3 heterocycles. The molecule has 0 unspecified atom stereocenters. The number of anilines is 3. The molecule has 0 aromatic carbocycles. The third-order valence-electron chi connectivity index (χ3n) is 3.84. The number of ether oxygens (including phenoxy) is 1. The zero-order chi connectivity index (χ0) is 13.9. The lowest BCUT2D eigenvalue weighted by Crippen LogP contribution is -2.45. The smallest absolute Gasteiger partial charge is 0.229 e. The van der Waals surface area contributed by atoms with Gasteiger partial charge < -0.3 is 25.2 Å². The SMILES string of the molecule is CN1CCN(c2cc(N)nc(N3CCOCC3)n2)CC1. The first-order valence-corrected chi connectivity index (χ1v) is 7.13. The maximum absolute atomic E-state index is 5.95. The molecule has 2 fully saturated rings. The molecule has 0 spiro atoms. The van der Waals surface area contributed by atoms with Gasteiger partial charge in [-0.25, -0.2) is 0 Å². The van der Waals surface area contributed by atoms with Crippen LogP contribution in [0.3, 0.4) is 0 Å². The van der Waals surface area contributed by atoms with Crippen molar-refractivity contribution < 1.29 is 4.74 Å². The molecule has 7 heteroatoms. The number of hydrogen-bond acceptors (Lipinski definition) is 7. The van der Waals surface area contributed by atoms with Crippen LogP contribution in [0.4, 0.5) is 17.6 Å². The van der Waals surface area contributed by atoms with E-state index in [2.05, 4.69) is 26.7 Å². The normalized spacial score (nSPS) is 21.2. The number of nitrogens with two attached hydrogens (primary N) is 1. The maximum atomic E-state index is 5.95. The molecule has 3 rings (SSSR count). The van der Waals surface area contributed by atoms with Crippen LogP contribution < -0.4 is 15.5 Å². The number of likely N-dealkylation sites (N-methyl/N-ethyl adjacent to an activating group) is 1. The van der Waals surface area contributed by atoms with Gasteiger partial charge in [-0.1, -0.05) is 0 Å². The molecule has 20 heavy (non-hydrogen) atoms. The standard InChI is InChI=1S/C13H22N6O/c1-17-2-4-18(5-3-17)12-10-11(14)15-13(16-12)19-6-8-20-9-7-19/h10H,2-9H2,1H3,(H2,14,15,16). The minimum atomic E-state index is 0.537. The second-order valence-electron chi connectivity index (χ2n) is 5.34. The summed E-state index contributed by atoms with van der Waals surface area (Å²) in [6.07, 6.45) is 0. The summed E-state index contributed by atoms with van der Waals surface area (Å²) in [5.74, 6) is 2.20. The van der Waals surface area contributed by atoms with E-state index in [4.69, 9.17) is 15.5 Å². The molecular weight excluding hydrogens is 256 g/mol. The van der Waals surface area contributed by atoms with Crippen LogP contribution in [0, 0.1) is 0 Å². The van der Waals surface area contributed by atoms with E-state index in [1.807, 2.05) is 6.07 Å². The van der Waals surface area contributed by atoms with Crippen molar-refractivity contribution in [3.63, 3.8) is 0 Å². The molecule has 0 aliphatic carbocycles. The average Bonchev–Trinajstić information content (AvgIpc) is 2.48. The predicted molar refractivity (Wildman–Crippen MR) is 79.2 cm³/mol. The zero-order valence-electron chi connectivity index (χ0n) is 12.0. The molecule has 0 atom stereocenters. The van der Waals surface area contributed by atoms with Gasteiger partial charge in [0.1, 0.15) is 11.6 Å². The second-order valence-corrected chi connectivity index (χ2v) is 5.34. The van der Waals surface area contributed by atoms with Crippen molar-refractivity contribution in [2.24, 2.45) is 0 Å². The van der Waals surface area contributed by atoms with E-state index in [0.717, 1.165) is 64.2 Å². The van der Waals surface area contributed by atoms with Crippen LogP contribution in [0.1, 0.15) is 0 Å². The van der Waals surface area contributed by atoms with Crippen molar-refractivity contribution in [3.8, 4) is 0 Å². The van der Waals surface area contributed by atoms with Crippen LogP contribution in [0.15, 0.2) is 6.07 Å². The van der Waals surface area contributed by atoms with E-state index >= 15 is 0 Å². The molecule has 110 valence electrons. The quantitative estimate of drug-likeness (QED) is 0.792. The molecule has 0 radical (unpaired) electrons. The molecule has 2 aliphatic heterocycles. The van der Waals surface area contributed by atoms with Gasteiger partial charge in [-0.05, 0) is 7.05 Å². The summed E-state index contributed by atoms with van der Waals surface area (Å²) in [4.78, 5) is 15.8. The number of piperazine rings is 1. The summed E-state index contributed by atoms with van der Waals surface area (Å²) in [5, 5.41) is 0. The largest absolute Gasteiger partial charge is 0.383 e. The van der Waals surface area contributed by atoms with Gasteiger partial charge in [-0.2, -0.15) is 9.97 Å². The Morgan fingerprint density at radius 1 is 1.00 bits per heavy atom. The molecule has 7 nitrogen and oxygen atoms in total. The van der Waals surface area contributed by atoms with Gasteiger partial charge in [-0.15, -0.1) is 0 Å². The van der Waals surface area contributed by atoms with Crippen LogP contribution in [0.2, 0.25) is 0 Å². The molecule has 0 amide bonds. The first-order valence-electron chi connectivity index (χ1n) is 7.13. The van der Waals surface area contributed by atoms with Crippen LogP contribution in [-0.2, 0) is 4.74 Å². The van der Waals surface area contributed by atoms with Gasteiger partial charge in [0.2, 0.25) is 5.95 Å². The van der Waals surface area contributed by atoms with Crippen molar-refractivity contribution in [2.75, 3.05) is 75.1 Å². The zero-order valence-corrected chi connectivity index (χ0v) is 12.0. The third kappa shape index (κ3) is 2.94. The van der Waals surface area contributed by atoms with Crippen molar-refractivity contribution in [1.82, 2.24) is 14.9 Å². The number of rotatable bonds is 2. The second kappa shape index (κ2) is 5.80. The van der Waals surface area contributed by atoms with Crippen LogP contribution in [-0.4, -0.2) is 74.4 Å². The topological polar surface area (TPSA) is 70.8 Å². The van der Waals surface area contributed by atoms with Gasteiger partial charge in [0.05, 0.1) is 13.2 Å². The fourth-order valence-electron chi connectivity index (χ4n) is 2.54. The monoisotopic (exact) mass is 278 g/mol. The summed E-state index contributed by atoms with van der Waals surface area (Å²) in [6, 6.07) is 1.87. The van der Waals surface area contributed by atoms with Gasteiger partial charge in [0.15, 0.2) is 0 Å². The highest BCUT2D eigenvalue weighted by molar-refractivity contribution is 5.52. The van der Waals surface area contributed by atoms with Gasteiger partial charge >= 0.3 is 0 Å². The van der Waals surface area contributed by atoms with Crippen molar-refractivity contribution in [3.05, 3.63) is 6.07 Å². The predicted octanol–water partition coefficient (Wildman–Crippen LogP) is -0.353. The lowest BCUT2D eigenvalue weighted by atomic mass is 10.3. The number of nitrogens with zero attached hydrogens (tertiary/aromatic N) is 5. The summed E-state index contributed by atoms with van der Waals surface area (Å²) in [6.45, 7) is 7.17. The Morgan fingerprint density at radius 2 is 1.70 bits per heavy atom. The minimum absolute atomic E-state index is 0.537. The number of morpholine rings is 1. The maximum Gasteiger partial charge on any atom is 0.229 e. The Morgan fingerprint density at radius 3 is 2.40 bits per heavy atom. The van der Waals surface area contributed by atoms with Crippen molar-refractivity contribution in [2.45, 2.75) is 0 Å². The molecule has 0 bridgehead atoms. The highest BCUT2D eigenvalue weighted by atomic mass is 16.5. The van der Waals surface area contributed by atoms with Gasteiger partial charge in [-0.3, -0.25) is 0 Å². The van der Waals surface area contributed by atoms with Gasteiger partial charge in [0, 0.05) is 45.3 Å². The van der Waals surface area contributed by atoms with Crippen LogP contribution >= 0.6 is 0 Å². The van der Waals surface area contributed by atoms with Crippen molar-refractivity contribution >= 4 is 17.6 Å². The molecule has 2 saturated heterocycles. The number of nitrogen functional groups attached to an aromatic ring is 1. The van der Waals surface area contributed by atoms with E-state index < -0.39 is 0 Å². The Hall–Kier alpha value is -1.60. The first kappa shape index (κ1) is 13.4. The lowest BCUT2D eigenvalue weighted by Gasteiger charge is -2.34. The molecule has 2 N–H and O–H groups in total. The Labute approximate surface area is 119 Å². The molecule has 1 aromatic rings. The molecule has 0 saturated carbocycles. The van der Waals surface area contributed by atoms with E-state index in [1.54, 1.807) is 0 Å². The third-order valence-corrected chi connectivity index (χ3v) is 3.84. The Bertz CT molecular complexity index is 454. The first-order chi connectivity index (χ1) is 9.72. The lowest BCUT2D eigenvalue weighted by molar-refractivity contribution is 0.122. The average molecular weight is 278 g/mol. The Kier molecular flexibility index (Phi) is 3.88. The summed E-state index contributed by atoms with van der Waals surface area (Å²) < 4.78 is 5.37. The fourth-order valence-corrected chi connectivity index (χ4v) is 2.54. The van der Waals surface area contributed by atoms with Crippen LogP contribution in [0.25, 0.3) is 0 Å². The molecular formula is C13H22N6O. The van der Waals surface area contributed by atoms with Crippen molar-refractivity contribution in [1.29, 1.82) is 0 Å². The minimum Gasteiger partial charge on any atom is -0.383 e. The highest BCUT2D eigenvalue weighted by Gasteiger charge is 2.19. The number of aromatic nitrogens is 2. The molecule has 1 aromatic heterocycles. The van der Waals surface area contributed by atoms with E-state index in [9.17, 15) is 0 Å². The Balaban J connectivity index is 1.79. The van der Waals surface area contributed by atoms with E-state index in [0.29, 0.717) is 5.82 Å².